The number of rotatable bonds is 0. The van der Waals surface area contributed by atoms with Crippen LogP contribution in [0.25, 0.3) is 0 Å². The summed E-state index contributed by atoms with van der Waals surface area (Å²) < 4.78 is 10.9. The SMILES string of the molecule is CC(C)(C)OC(=O)N1CC[C@@H]2OCCC(=O)[C@@H]2C1. The van der Waals surface area contributed by atoms with E-state index < -0.39 is 5.60 Å². The molecule has 0 saturated carbocycles. The van der Waals surface area contributed by atoms with Gasteiger partial charge in [-0.05, 0) is 27.2 Å². The molecule has 0 aliphatic carbocycles. The van der Waals surface area contributed by atoms with Crippen molar-refractivity contribution in [3.8, 4) is 0 Å². The summed E-state index contributed by atoms with van der Waals surface area (Å²) in [5.74, 6) is 0.0412. The lowest BCUT2D eigenvalue weighted by Gasteiger charge is -2.40. The molecule has 0 aromatic rings. The molecule has 18 heavy (non-hydrogen) atoms. The van der Waals surface area contributed by atoms with Crippen molar-refractivity contribution in [2.75, 3.05) is 19.7 Å². The Morgan fingerprint density at radius 1 is 1.44 bits per heavy atom. The van der Waals surface area contributed by atoms with E-state index in [1.807, 2.05) is 20.8 Å². The summed E-state index contributed by atoms with van der Waals surface area (Å²) in [7, 11) is 0. The minimum absolute atomic E-state index is 0.00932. The van der Waals surface area contributed by atoms with Crippen molar-refractivity contribution in [1.29, 1.82) is 0 Å². The number of ketones is 1. The van der Waals surface area contributed by atoms with Crippen LogP contribution in [-0.4, -0.2) is 48.2 Å². The number of amides is 1. The maximum Gasteiger partial charge on any atom is 0.410 e. The second-order valence-corrected chi connectivity index (χ2v) is 5.95. The van der Waals surface area contributed by atoms with Crippen LogP contribution in [-0.2, 0) is 14.3 Å². The van der Waals surface area contributed by atoms with Crippen molar-refractivity contribution in [3.05, 3.63) is 0 Å². The van der Waals surface area contributed by atoms with Crippen LogP contribution < -0.4 is 0 Å². The Balaban J connectivity index is 1.96. The van der Waals surface area contributed by atoms with Gasteiger partial charge < -0.3 is 14.4 Å². The number of nitrogens with zero attached hydrogens (tertiary/aromatic N) is 1. The molecule has 5 nitrogen and oxygen atoms in total. The number of fused-ring (bicyclic) bond motifs is 1. The highest BCUT2D eigenvalue weighted by molar-refractivity contribution is 5.83. The number of likely N-dealkylation sites (tertiary alicyclic amines) is 1. The second-order valence-electron chi connectivity index (χ2n) is 5.95. The predicted octanol–water partition coefficient (Wildman–Crippen LogP) is 1.60. The van der Waals surface area contributed by atoms with Gasteiger partial charge in [-0.15, -0.1) is 0 Å². The van der Waals surface area contributed by atoms with Crippen LogP contribution in [0, 0.1) is 5.92 Å². The molecule has 1 amide bonds. The molecule has 2 atom stereocenters. The largest absolute Gasteiger partial charge is 0.444 e. The molecule has 0 unspecified atom stereocenters. The number of ether oxygens (including phenoxy) is 2. The fourth-order valence-corrected chi connectivity index (χ4v) is 2.43. The summed E-state index contributed by atoms with van der Waals surface area (Å²) in [5.41, 5.74) is -0.499. The van der Waals surface area contributed by atoms with Crippen LogP contribution in [0.2, 0.25) is 0 Å². The van der Waals surface area contributed by atoms with Crippen LogP contribution in [0.15, 0.2) is 0 Å². The molecule has 102 valence electrons. The first kappa shape index (κ1) is 13.3. The van der Waals surface area contributed by atoms with Gasteiger partial charge in [-0.2, -0.15) is 0 Å². The van der Waals surface area contributed by atoms with Crippen LogP contribution in [0.4, 0.5) is 4.79 Å². The summed E-state index contributed by atoms with van der Waals surface area (Å²) in [4.78, 5) is 25.4. The standard InChI is InChI=1S/C13H21NO4/c1-13(2,3)18-12(16)14-6-4-11-9(8-14)10(15)5-7-17-11/h9,11H,4-8H2,1-3H3/t9-,11-/m0/s1. The Bertz CT molecular complexity index is 347. The van der Waals surface area contributed by atoms with Gasteiger partial charge in [-0.25, -0.2) is 4.79 Å². The van der Waals surface area contributed by atoms with Crippen molar-refractivity contribution in [1.82, 2.24) is 4.90 Å². The highest BCUT2D eigenvalue weighted by atomic mass is 16.6. The average molecular weight is 255 g/mol. The molecule has 2 heterocycles. The van der Waals surface area contributed by atoms with E-state index in [-0.39, 0.29) is 23.9 Å². The van der Waals surface area contributed by atoms with E-state index in [9.17, 15) is 9.59 Å². The van der Waals surface area contributed by atoms with Crippen LogP contribution >= 0.6 is 0 Å². The molecule has 2 saturated heterocycles. The average Bonchev–Trinajstić information content (AvgIpc) is 2.27. The zero-order chi connectivity index (χ0) is 13.3. The zero-order valence-electron chi connectivity index (χ0n) is 11.3. The van der Waals surface area contributed by atoms with Crippen molar-refractivity contribution in [3.63, 3.8) is 0 Å². The molecule has 0 aromatic carbocycles. The number of hydrogen-bond donors (Lipinski definition) is 0. The van der Waals surface area contributed by atoms with Gasteiger partial charge in [-0.3, -0.25) is 4.79 Å². The third kappa shape index (κ3) is 3.02. The molecule has 0 radical (unpaired) electrons. The lowest BCUT2D eigenvalue weighted by molar-refractivity contribution is -0.142. The topological polar surface area (TPSA) is 55.8 Å². The van der Waals surface area contributed by atoms with Gasteiger partial charge in [0, 0.05) is 19.5 Å². The molecule has 2 fully saturated rings. The van der Waals surface area contributed by atoms with Gasteiger partial charge in [0.2, 0.25) is 0 Å². The minimum atomic E-state index is -0.499. The number of carbonyl (C=O) groups excluding carboxylic acids is 2. The number of Topliss-reactive ketones (excluding diaryl/α,β-unsaturated/α-hetero) is 1. The molecular weight excluding hydrogens is 234 g/mol. The van der Waals surface area contributed by atoms with E-state index in [4.69, 9.17) is 9.47 Å². The monoisotopic (exact) mass is 255 g/mol. The summed E-state index contributed by atoms with van der Waals surface area (Å²) in [6.45, 7) is 7.07. The summed E-state index contributed by atoms with van der Waals surface area (Å²) >= 11 is 0. The van der Waals surface area contributed by atoms with E-state index in [0.717, 1.165) is 6.42 Å². The molecule has 0 aromatic heterocycles. The fourth-order valence-electron chi connectivity index (χ4n) is 2.43. The Morgan fingerprint density at radius 2 is 2.17 bits per heavy atom. The third-order valence-electron chi connectivity index (χ3n) is 3.30. The van der Waals surface area contributed by atoms with Crippen molar-refractivity contribution < 1.29 is 19.1 Å². The van der Waals surface area contributed by atoms with Gasteiger partial charge in [0.1, 0.15) is 11.4 Å². The van der Waals surface area contributed by atoms with E-state index in [2.05, 4.69) is 0 Å². The highest BCUT2D eigenvalue weighted by Crippen LogP contribution is 2.27. The Hall–Kier alpha value is -1.10. The molecule has 2 rings (SSSR count). The Kier molecular flexibility index (Phi) is 3.61. The fraction of sp³-hybridized carbons (Fsp3) is 0.846. The lowest BCUT2D eigenvalue weighted by Crippen LogP contribution is -2.52. The maximum absolute atomic E-state index is 11.9. The van der Waals surface area contributed by atoms with E-state index in [1.54, 1.807) is 4.90 Å². The number of carbonyl (C=O) groups is 2. The van der Waals surface area contributed by atoms with Gasteiger partial charge in [0.05, 0.1) is 18.6 Å². The normalized spacial score (nSPS) is 28.8. The summed E-state index contributed by atoms with van der Waals surface area (Å²) in [6, 6.07) is 0. The third-order valence-corrected chi connectivity index (χ3v) is 3.30. The molecule has 2 aliphatic heterocycles. The number of piperidine rings is 1. The summed E-state index contributed by atoms with van der Waals surface area (Å²) in [6.07, 6.45) is 0.836. The van der Waals surface area contributed by atoms with Gasteiger partial charge in [-0.1, -0.05) is 0 Å². The second kappa shape index (κ2) is 4.88. The van der Waals surface area contributed by atoms with Crippen molar-refractivity contribution >= 4 is 11.9 Å². The highest BCUT2D eigenvalue weighted by Gasteiger charge is 2.39. The molecule has 0 bridgehead atoms. The molecular formula is C13H21NO4. The van der Waals surface area contributed by atoms with Gasteiger partial charge in [0.15, 0.2) is 0 Å². The van der Waals surface area contributed by atoms with E-state index >= 15 is 0 Å². The minimum Gasteiger partial charge on any atom is -0.444 e. The van der Waals surface area contributed by atoms with Crippen LogP contribution in [0.5, 0.6) is 0 Å². The quantitative estimate of drug-likeness (QED) is 0.659. The number of hydrogen-bond acceptors (Lipinski definition) is 4. The molecule has 0 spiro atoms. The van der Waals surface area contributed by atoms with Crippen LogP contribution in [0.3, 0.4) is 0 Å². The predicted molar refractivity (Wildman–Crippen MR) is 65.3 cm³/mol. The first-order valence-electron chi connectivity index (χ1n) is 6.49. The van der Waals surface area contributed by atoms with Crippen molar-refractivity contribution in [2.45, 2.75) is 45.3 Å². The van der Waals surface area contributed by atoms with Gasteiger partial charge in [0.25, 0.3) is 0 Å². The molecule has 2 aliphatic rings. The maximum atomic E-state index is 11.9. The summed E-state index contributed by atoms with van der Waals surface area (Å²) in [5, 5.41) is 0. The lowest BCUT2D eigenvalue weighted by atomic mass is 9.87. The smallest absolute Gasteiger partial charge is 0.410 e. The molecule has 5 heteroatoms. The first-order chi connectivity index (χ1) is 8.37. The molecule has 0 N–H and O–H groups in total. The van der Waals surface area contributed by atoms with E-state index in [0.29, 0.717) is 26.1 Å². The van der Waals surface area contributed by atoms with Crippen molar-refractivity contribution in [2.24, 2.45) is 5.92 Å². The Labute approximate surface area is 107 Å². The van der Waals surface area contributed by atoms with Gasteiger partial charge >= 0.3 is 6.09 Å². The van der Waals surface area contributed by atoms with E-state index in [1.165, 1.54) is 0 Å². The van der Waals surface area contributed by atoms with Crippen LogP contribution in [0.1, 0.15) is 33.6 Å². The first-order valence-corrected chi connectivity index (χ1v) is 6.49. The zero-order valence-corrected chi connectivity index (χ0v) is 11.3. The Morgan fingerprint density at radius 3 is 2.83 bits per heavy atom.